The summed E-state index contributed by atoms with van der Waals surface area (Å²) in [4.78, 5) is 25.4. The zero-order valence-corrected chi connectivity index (χ0v) is 12.4. The second kappa shape index (κ2) is 7.19. The number of para-hydroxylation sites is 1. The molecule has 1 aliphatic heterocycles. The second-order valence-corrected chi connectivity index (χ2v) is 4.81. The number of benzene rings is 1. The number of methoxy groups -OCH3 is 1. The van der Waals surface area contributed by atoms with E-state index in [1.165, 1.54) is 36.3 Å². The SMILES string of the molecule is COC(=O)C1=C(Nc2ccccc2C(F)F)C(=O)N(CCO)C1. The second-order valence-electron chi connectivity index (χ2n) is 4.81. The number of carbonyl (C=O) groups is 2. The monoisotopic (exact) mass is 326 g/mol. The molecule has 8 heteroatoms. The van der Waals surface area contributed by atoms with Crippen LogP contribution in [0, 0.1) is 0 Å². The smallest absolute Gasteiger partial charge is 0.337 e. The largest absolute Gasteiger partial charge is 0.466 e. The molecule has 0 aliphatic carbocycles. The first-order valence-electron chi connectivity index (χ1n) is 6.85. The Morgan fingerprint density at radius 3 is 2.74 bits per heavy atom. The topological polar surface area (TPSA) is 78.9 Å². The fraction of sp³-hybridized carbons (Fsp3) is 0.333. The Morgan fingerprint density at radius 1 is 1.43 bits per heavy atom. The summed E-state index contributed by atoms with van der Waals surface area (Å²) in [5, 5.41) is 11.6. The molecular weight excluding hydrogens is 310 g/mol. The highest BCUT2D eigenvalue weighted by atomic mass is 19.3. The maximum Gasteiger partial charge on any atom is 0.337 e. The van der Waals surface area contributed by atoms with E-state index in [0.717, 1.165) is 0 Å². The fourth-order valence-corrected chi connectivity index (χ4v) is 2.28. The lowest BCUT2D eigenvalue weighted by Crippen LogP contribution is -2.31. The van der Waals surface area contributed by atoms with Gasteiger partial charge in [0.15, 0.2) is 0 Å². The summed E-state index contributed by atoms with van der Waals surface area (Å²) in [7, 11) is 1.17. The van der Waals surface area contributed by atoms with Crippen molar-refractivity contribution in [2.75, 3.05) is 32.1 Å². The van der Waals surface area contributed by atoms with E-state index in [4.69, 9.17) is 5.11 Å². The molecule has 0 aromatic heterocycles. The van der Waals surface area contributed by atoms with Gasteiger partial charge in [0.2, 0.25) is 0 Å². The van der Waals surface area contributed by atoms with Crippen LogP contribution in [-0.2, 0) is 14.3 Å². The molecule has 1 heterocycles. The molecule has 1 amide bonds. The van der Waals surface area contributed by atoms with E-state index in [0.29, 0.717) is 0 Å². The number of rotatable bonds is 6. The van der Waals surface area contributed by atoms with Crippen LogP contribution in [0.3, 0.4) is 0 Å². The Kier molecular flexibility index (Phi) is 5.28. The molecule has 23 heavy (non-hydrogen) atoms. The van der Waals surface area contributed by atoms with Crippen LogP contribution >= 0.6 is 0 Å². The van der Waals surface area contributed by atoms with Gasteiger partial charge in [-0.25, -0.2) is 13.6 Å². The van der Waals surface area contributed by atoms with Crippen molar-refractivity contribution in [2.45, 2.75) is 6.43 Å². The first-order valence-corrected chi connectivity index (χ1v) is 6.85. The highest BCUT2D eigenvalue weighted by Gasteiger charge is 2.34. The van der Waals surface area contributed by atoms with Gasteiger partial charge in [0.25, 0.3) is 12.3 Å². The molecule has 2 N–H and O–H groups in total. The fourth-order valence-electron chi connectivity index (χ4n) is 2.28. The minimum Gasteiger partial charge on any atom is -0.466 e. The van der Waals surface area contributed by atoms with Gasteiger partial charge in [0, 0.05) is 17.8 Å². The van der Waals surface area contributed by atoms with Crippen LogP contribution in [0.1, 0.15) is 12.0 Å². The first kappa shape index (κ1) is 16.9. The van der Waals surface area contributed by atoms with Crippen LogP contribution in [0.25, 0.3) is 0 Å². The Bertz CT molecular complexity index is 646. The van der Waals surface area contributed by atoms with E-state index in [9.17, 15) is 18.4 Å². The van der Waals surface area contributed by atoms with E-state index < -0.39 is 18.3 Å². The zero-order valence-electron chi connectivity index (χ0n) is 12.4. The number of anilines is 1. The lowest BCUT2D eigenvalue weighted by Gasteiger charge is -2.16. The third-order valence-electron chi connectivity index (χ3n) is 3.41. The van der Waals surface area contributed by atoms with Gasteiger partial charge in [-0.05, 0) is 6.07 Å². The third kappa shape index (κ3) is 3.48. The van der Waals surface area contributed by atoms with Gasteiger partial charge in [-0.3, -0.25) is 4.79 Å². The summed E-state index contributed by atoms with van der Waals surface area (Å²) in [5.41, 5.74) is -0.316. The average molecular weight is 326 g/mol. The number of ether oxygens (including phenoxy) is 1. The summed E-state index contributed by atoms with van der Waals surface area (Å²) in [6.45, 7) is -0.298. The predicted molar refractivity (Wildman–Crippen MR) is 77.7 cm³/mol. The maximum atomic E-state index is 13.0. The standard InChI is InChI=1S/C15H16F2N2O4/c1-23-15(22)10-8-19(6-7-20)14(21)12(10)18-11-5-3-2-4-9(11)13(16)17/h2-5,13,18,20H,6-8H2,1H3. The van der Waals surface area contributed by atoms with Gasteiger partial charge >= 0.3 is 5.97 Å². The number of nitrogens with zero attached hydrogens (tertiary/aromatic N) is 1. The highest BCUT2D eigenvalue weighted by Crippen LogP contribution is 2.30. The van der Waals surface area contributed by atoms with Crippen molar-refractivity contribution in [3.8, 4) is 0 Å². The molecule has 0 fully saturated rings. The number of halogens is 2. The summed E-state index contributed by atoms with van der Waals surface area (Å²) in [6, 6.07) is 5.62. The third-order valence-corrected chi connectivity index (χ3v) is 3.41. The lowest BCUT2D eigenvalue weighted by atomic mass is 10.1. The highest BCUT2D eigenvalue weighted by molar-refractivity contribution is 6.08. The molecule has 0 unspecified atom stereocenters. The molecule has 0 bridgehead atoms. The maximum absolute atomic E-state index is 13.0. The molecule has 0 saturated heterocycles. The first-order chi connectivity index (χ1) is 11.0. The number of carbonyl (C=O) groups excluding carboxylic acids is 2. The van der Waals surface area contributed by atoms with Crippen LogP contribution in [-0.4, -0.2) is 48.7 Å². The molecule has 1 aromatic rings. The summed E-state index contributed by atoms with van der Waals surface area (Å²) in [6.07, 6.45) is -2.73. The summed E-state index contributed by atoms with van der Waals surface area (Å²) < 4.78 is 30.7. The normalized spacial score (nSPS) is 14.7. The molecule has 0 atom stereocenters. The zero-order chi connectivity index (χ0) is 17.0. The van der Waals surface area contributed by atoms with E-state index in [2.05, 4.69) is 10.1 Å². The van der Waals surface area contributed by atoms with Crippen molar-refractivity contribution in [3.63, 3.8) is 0 Å². The molecule has 6 nitrogen and oxygen atoms in total. The Labute approximate surface area is 131 Å². The number of nitrogens with one attached hydrogen (secondary N) is 1. The van der Waals surface area contributed by atoms with Crippen LogP contribution in [0.4, 0.5) is 14.5 Å². The van der Waals surface area contributed by atoms with Crippen LogP contribution < -0.4 is 5.32 Å². The van der Waals surface area contributed by atoms with Gasteiger partial charge in [0.1, 0.15) is 5.70 Å². The Balaban J connectivity index is 2.37. The van der Waals surface area contributed by atoms with Crippen LogP contribution in [0.2, 0.25) is 0 Å². The minimum absolute atomic E-state index is 0.0288. The number of aliphatic hydroxyl groups is 1. The quantitative estimate of drug-likeness (QED) is 0.771. The summed E-state index contributed by atoms with van der Waals surface area (Å²) in [5.74, 6) is -1.28. The van der Waals surface area contributed by atoms with E-state index in [1.807, 2.05) is 0 Å². The Hall–Kier alpha value is -2.48. The Morgan fingerprint density at radius 2 is 2.13 bits per heavy atom. The molecule has 0 spiro atoms. The van der Waals surface area contributed by atoms with Gasteiger partial charge in [-0.2, -0.15) is 0 Å². The number of alkyl halides is 2. The van der Waals surface area contributed by atoms with Gasteiger partial charge in [-0.1, -0.05) is 18.2 Å². The van der Waals surface area contributed by atoms with E-state index in [-0.39, 0.29) is 42.2 Å². The number of hydrogen-bond acceptors (Lipinski definition) is 5. The number of amides is 1. The van der Waals surface area contributed by atoms with Crippen molar-refractivity contribution >= 4 is 17.6 Å². The van der Waals surface area contributed by atoms with Gasteiger partial charge < -0.3 is 20.1 Å². The number of β-amino-alcohol motifs (C(OH)–C–C–N with tert-alkyl or cyclic N) is 1. The lowest BCUT2D eigenvalue weighted by molar-refractivity contribution is -0.136. The molecule has 1 aromatic carbocycles. The van der Waals surface area contributed by atoms with E-state index in [1.54, 1.807) is 0 Å². The van der Waals surface area contributed by atoms with Crippen molar-refractivity contribution < 1.29 is 28.2 Å². The van der Waals surface area contributed by atoms with Crippen molar-refractivity contribution in [2.24, 2.45) is 0 Å². The van der Waals surface area contributed by atoms with Crippen molar-refractivity contribution in [1.82, 2.24) is 4.90 Å². The predicted octanol–water partition coefficient (Wildman–Crippen LogP) is 1.30. The molecule has 0 radical (unpaired) electrons. The molecule has 2 rings (SSSR count). The molecule has 0 saturated carbocycles. The number of aliphatic hydroxyl groups excluding tert-OH is 1. The molecule has 1 aliphatic rings. The van der Waals surface area contributed by atoms with E-state index >= 15 is 0 Å². The average Bonchev–Trinajstić information content (AvgIpc) is 2.84. The number of esters is 1. The molecular formula is C15H16F2N2O4. The molecule has 124 valence electrons. The van der Waals surface area contributed by atoms with Crippen LogP contribution in [0.15, 0.2) is 35.5 Å². The van der Waals surface area contributed by atoms with Gasteiger partial charge in [0.05, 0.1) is 25.8 Å². The number of hydrogen-bond donors (Lipinski definition) is 2. The summed E-state index contributed by atoms with van der Waals surface area (Å²) >= 11 is 0. The van der Waals surface area contributed by atoms with Crippen LogP contribution in [0.5, 0.6) is 0 Å². The van der Waals surface area contributed by atoms with Crippen molar-refractivity contribution in [3.05, 3.63) is 41.1 Å². The van der Waals surface area contributed by atoms with Gasteiger partial charge in [-0.15, -0.1) is 0 Å². The minimum atomic E-state index is -2.73. The van der Waals surface area contributed by atoms with Crippen molar-refractivity contribution in [1.29, 1.82) is 0 Å².